The summed E-state index contributed by atoms with van der Waals surface area (Å²) in [6.45, 7) is 1.01. The lowest BCUT2D eigenvalue weighted by molar-refractivity contribution is -0.156. The fourth-order valence-electron chi connectivity index (χ4n) is 3.61. The van der Waals surface area contributed by atoms with Gasteiger partial charge in [0, 0.05) is 0 Å². The first-order valence-corrected chi connectivity index (χ1v) is 11.6. The van der Waals surface area contributed by atoms with Crippen LogP contribution in [0.4, 0.5) is 79.0 Å². The Labute approximate surface area is 242 Å². The summed E-state index contributed by atoms with van der Waals surface area (Å²) in [7, 11) is 0. The van der Waals surface area contributed by atoms with Crippen LogP contribution in [0.3, 0.4) is 0 Å². The van der Waals surface area contributed by atoms with E-state index >= 15 is 0 Å². The standard InChI is InChI=1S/C24H12F18O4/c1-2-3-10(17(43)45-15-11(21(31,32)33)4-8(19(25,26)27)5-12(15)22(34,35)36)18(44)46-16-13(23(37,38)39)6-9(20(28,29)30)7-14(16)24(40,41)42/h4-7,10H,2-3H2,1H3. The summed E-state index contributed by atoms with van der Waals surface area (Å²) in [5.41, 5.74) is -16.6. The maximum absolute atomic E-state index is 13.5. The van der Waals surface area contributed by atoms with E-state index in [4.69, 9.17) is 0 Å². The van der Waals surface area contributed by atoms with Crippen molar-refractivity contribution in [3.05, 3.63) is 57.6 Å². The highest BCUT2D eigenvalue weighted by Gasteiger charge is 2.49. The third-order valence-corrected chi connectivity index (χ3v) is 5.61. The number of benzene rings is 2. The van der Waals surface area contributed by atoms with Crippen molar-refractivity contribution < 1.29 is 98.1 Å². The second-order valence-electron chi connectivity index (χ2n) is 8.97. The zero-order chi connectivity index (χ0) is 36.0. The molecule has 0 saturated carbocycles. The molecule has 22 heteroatoms. The third-order valence-electron chi connectivity index (χ3n) is 5.61. The van der Waals surface area contributed by atoms with Gasteiger partial charge in [0.15, 0.2) is 17.4 Å². The zero-order valence-corrected chi connectivity index (χ0v) is 21.7. The Bertz CT molecular complexity index is 1280. The molecule has 4 nitrogen and oxygen atoms in total. The van der Waals surface area contributed by atoms with Gasteiger partial charge in [0.05, 0.1) is 33.4 Å². The number of halogens is 18. The van der Waals surface area contributed by atoms with Crippen LogP contribution in [0.15, 0.2) is 24.3 Å². The van der Waals surface area contributed by atoms with Gasteiger partial charge in [-0.05, 0) is 30.7 Å². The van der Waals surface area contributed by atoms with Crippen LogP contribution in [0, 0.1) is 5.92 Å². The summed E-state index contributed by atoms with van der Waals surface area (Å²) >= 11 is 0. The fraction of sp³-hybridized carbons (Fsp3) is 0.417. The lowest BCUT2D eigenvalue weighted by atomic mass is 10.0. The molecule has 258 valence electrons. The minimum atomic E-state index is -6.14. The predicted octanol–water partition coefficient (Wildman–Crippen LogP) is 9.73. The second kappa shape index (κ2) is 12.4. The Morgan fingerprint density at radius 3 is 0.913 bits per heavy atom. The van der Waals surface area contributed by atoms with Gasteiger partial charge in [0.2, 0.25) is 0 Å². The van der Waals surface area contributed by atoms with Crippen molar-refractivity contribution in [2.75, 3.05) is 0 Å². The third kappa shape index (κ3) is 8.89. The molecule has 2 aromatic rings. The molecule has 0 aromatic heterocycles. The van der Waals surface area contributed by atoms with Crippen molar-refractivity contribution in [2.45, 2.75) is 56.8 Å². The SMILES string of the molecule is CCCC(C(=O)Oc1c(C(F)(F)F)cc(C(F)(F)F)cc1C(F)(F)F)C(=O)Oc1c(C(F)(F)F)cc(C(F)(F)F)cc1C(F)(F)F. The van der Waals surface area contributed by atoms with E-state index < -0.39 is 137 Å². The molecule has 0 N–H and O–H groups in total. The molecular weight excluding hydrogens is 694 g/mol. The zero-order valence-electron chi connectivity index (χ0n) is 21.7. The van der Waals surface area contributed by atoms with E-state index in [1.165, 1.54) is 0 Å². The predicted molar refractivity (Wildman–Crippen MR) is 113 cm³/mol. The van der Waals surface area contributed by atoms with Crippen LogP contribution in [-0.4, -0.2) is 11.9 Å². The first kappa shape index (κ1) is 38.3. The Morgan fingerprint density at radius 1 is 0.500 bits per heavy atom. The maximum atomic E-state index is 13.5. The van der Waals surface area contributed by atoms with Crippen LogP contribution in [-0.2, 0) is 46.6 Å². The molecule has 46 heavy (non-hydrogen) atoms. The number of hydrogen-bond donors (Lipinski definition) is 0. The molecular formula is C24H12F18O4. The van der Waals surface area contributed by atoms with Gasteiger partial charge >= 0.3 is 49.0 Å². The van der Waals surface area contributed by atoms with Crippen molar-refractivity contribution in [1.29, 1.82) is 0 Å². The van der Waals surface area contributed by atoms with Crippen LogP contribution in [0.5, 0.6) is 11.5 Å². The number of ether oxygens (including phenoxy) is 2. The van der Waals surface area contributed by atoms with Crippen LogP contribution in [0.1, 0.15) is 53.1 Å². The van der Waals surface area contributed by atoms with Crippen LogP contribution in [0.2, 0.25) is 0 Å². The molecule has 0 unspecified atom stereocenters. The van der Waals surface area contributed by atoms with Gasteiger partial charge in [-0.3, -0.25) is 9.59 Å². The van der Waals surface area contributed by atoms with Crippen molar-refractivity contribution in [3.63, 3.8) is 0 Å². The summed E-state index contributed by atoms with van der Waals surface area (Å²) in [6, 6.07) is -3.67. The minimum absolute atomic E-state index is 0.550. The topological polar surface area (TPSA) is 52.6 Å². The first-order valence-electron chi connectivity index (χ1n) is 11.6. The van der Waals surface area contributed by atoms with Gasteiger partial charge < -0.3 is 9.47 Å². The average Bonchev–Trinajstić information content (AvgIpc) is 2.83. The quantitative estimate of drug-likeness (QED) is 0.130. The van der Waals surface area contributed by atoms with Crippen molar-refractivity contribution in [2.24, 2.45) is 5.92 Å². The summed E-state index contributed by atoms with van der Waals surface area (Å²) in [5.74, 6) is -13.5. The fourth-order valence-corrected chi connectivity index (χ4v) is 3.61. The first-order chi connectivity index (χ1) is 20.4. The molecule has 0 aliphatic carbocycles. The van der Waals surface area contributed by atoms with E-state index in [9.17, 15) is 88.6 Å². The Morgan fingerprint density at radius 2 is 0.739 bits per heavy atom. The number of carbonyl (C=O) groups is 2. The van der Waals surface area contributed by atoms with Gasteiger partial charge in [-0.15, -0.1) is 0 Å². The van der Waals surface area contributed by atoms with Crippen LogP contribution < -0.4 is 9.47 Å². The highest BCUT2D eigenvalue weighted by Crippen LogP contribution is 2.49. The molecule has 0 bridgehead atoms. The summed E-state index contributed by atoms with van der Waals surface area (Å²) in [5, 5.41) is 0. The molecule has 0 radical (unpaired) electrons. The Balaban J connectivity index is 2.76. The minimum Gasteiger partial charge on any atom is -0.425 e. The molecule has 2 aromatic carbocycles. The lowest BCUT2D eigenvalue weighted by Crippen LogP contribution is -2.33. The van der Waals surface area contributed by atoms with E-state index in [0.717, 1.165) is 6.92 Å². The van der Waals surface area contributed by atoms with E-state index in [2.05, 4.69) is 9.47 Å². The smallest absolute Gasteiger partial charge is 0.420 e. The van der Waals surface area contributed by atoms with Gasteiger partial charge in [-0.1, -0.05) is 13.3 Å². The highest BCUT2D eigenvalue weighted by atomic mass is 19.4. The molecule has 0 saturated heterocycles. The monoisotopic (exact) mass is 706 g/mol. The molecule has 0 atom stereocenters. The number of alkyl halides is 18. The van der Waals surface area contributed by atoms with Gasteiger partial charge in [0.1, 0.15) is 0 Å². The molecule has 2 rings (SSSR count). The normalized spacial score (nSPS) is 13.7. The van der Waals surface area contributed by atoms with Crippen LogP contribution >= 0.6 is 0 Å². The molecule has 0 spiro atoms. The van der Waals surface area contributed by atoms with Crippen LogP contribution in [0.25, 0.3) is 0 Å². The van der Waals surface area contributed by atoms with E-state index in [0.29, 0.717) is 0 Å². The van der Waals surface area contributed by atoms with Gasteiger partial charge in [-0.2, -0.15) is 79.0 Å². The number of rotatable bonds is 6. The Hall–Kier alpha value is -3.88. The molecule has 0 amide bonds. The highest BCUT2D eigenvalue weighted by molar-refractivity contribution is 5.97. The number of carbonyl (C=O) groups excluding carboxylic acids is 2. The van der Waals surface area contributed by atoms with E-state index in [1.807, 2.05) is 0 Å². The molecule has 0 aliphatic heterocycles. The van der Waals surface area contributed by atoms with Gasteiger partial charge in [-0.25, -0.2) is 0 Å². The van der Waals surface area contributed by atoms with Crippen molar-refractivity contribution in [3.8, 4) is 11.5 Å². The van der Waals surface area contributed by atoms with Crippen molar-refractivity contribution in [1.82, 2.24) is 0 Å². The maximum Gasteiger partial charge on any atom is 0.420 e. The average molecular weight is 706 g/mol. The van der Waals surface area contributed by atoms with Crippen molar-refractivity contribution >= 4 is 11.9 Å². The molecule has 0 fully saturated rings. The Kier molecular flexibility index (Phi) is 10.3. The summed E-state index contributed by atoms with van der Waals surface area (Å²) in [6.07, 6.45) is -37.9. The lowest BCUT2D eigenvalue weighted by Gasteiger charge is -2.23. The largest absolute Gasteiger partial charge is 0.425 e. The number of esters is 2. The summed E-state index contributed by atoms with van der Waals surface area (Å²) < 4.78 is 249. The molecule has 0 aliphatic rings. The van der Waals surface area contributed by atoms with E-state index in [-0.39, 0.29) is 0 Å². The second-order valence-corrected chi connectivity index (χ2v) is 8.97. The number of hydrogen-bond acceptors (Lipinski definition) is 4. The van der Waals surface area contributed by atoms with Gasteiger partial charge in [0.25, 0.3) is 0 Å². The molecule has 0 heterocycles. The summed E-state index contributed by atoms with van der Waals surface area (Å²) in [4.78, 5) is 25.3. The van der Waals surface area contributed by atoms with E-state index in [1.54, 1.807) is 0 Å².